The van der Waals surface area contributed by atoms with Crippen LogP contribution in [0.15, 0.2) is 42.5 Å². The molecule has 0 bridgehead atoms. The molecule has 0 saturated carbocycles. The van der Waals surface area contributed by atoms with E-state index in [9.17, 15) is 9.59 Å². The summed E-state index contributed by atoms with van der Waals surface area (Å²) in [5.41, 5.74) is 2.84. The number of fused-ring (bicyclic) bond motifs is 1. The Balaban J connectivity index is 1.28. The van der Waals surface area contributed by atoms with Crippen LogP contribution in [0.2, 0.25) is 5.02 Å². The van der Waals surface area contributed by atoms with Gasteiger partial charge in [-0.1, -0.05) is 11.6 Å². The van der Waals surface area contributed by atoms with Gasteiger partial charge in [0.1, 0.15) is 5.75 Å². The highest BCUT2D eigenvalue weighted by molar-refractivity contribution is 6.30. The summed E-state index contributed by atoms with van der Waals surface area (Å²) in [5.74, 6) is 0.565. The SMILES string of the molecule is O=C1Cc2cc(OCC(=O)N3CCN(c4ccc(Cl)cc4)CC3)ccc2N1. The molecule has 2 aromatic rings. The third-order valence-electron chi connectivity index (χ3n) is 4.89. The Kier molecular flexibility index (Phi) is 4.90. The van der Waals surface area contributed by atoms with E-state index in [0.29, 0.717) is 25.3 Å². The zero-order valence-electron chi connectivity index (χ0n) is 14.8. The maximum atomic E-state index is 12.4. The highest BCUT2D eigenvalue weighted by Gasteiger charge is 2.22. The molecule has 2 heterocycles. The molecule has 6 nitrogen and oxygen atoms in total. The smallest absolute Gasteiger partial charge is 0.260 e. The van der Waals surface area contributed by atoms with Gasteiger partial charge in [0.2, 0.25) is 5.91 Å². The molecule has 2 amide bonds. The fraction of sp³-hybridized carbons (Fsp3) is 0.300. The van der Waals surface area contributed by atoms with Crippen LogP contribution in [0.5, 0.6) is 5.75 Å². The van der Waals surface area contributed by atoms with E-state index in [2.05, 4.69) is 10.2 Å². The third kappa shape index (κ3) is 4.01. The van der Waals surface area contributed by atoms with Crippen molar-refractivity contribution in [2.75, 3.05) is 43.0 Å². The highest BCUT2D eigenvalue weighted by Crippen LogP contribution is 2.27. The van der Waals surface area contributed by atoms with Crippen molar-refractivity contribution in [3.8, 4) is 5.75 Å². The molecule has 1 N–H and O–H groups in total. The van der Waals surface area contributed by atoms with Crippen LogP contribution in [0.1, 0.15) is 5.56 Å². The topological polar surface area (TPSA) is 61.9 Å². The first-order valence-corrected chi connectivity index (χ1v) is 9.30. The van der Waals surface area contributed by atoms with Gasteiger partial charge in [-0.3, -0.25) is 9.59 Å². The van der Waals surface area contributed by atoms with E-state index in [1.165, 1.54) is 0 Å². The molecule has 140 valence electrons. The van der Waals surface area contributed by atoms with Crippen LogP contribution in [0, 0.1) is 0 Å². The summed E-state index contributed by atoms with van der Waals surface area (Å²) in [5, 5.41) is 3.50. The minimum Gasteiger partial charge on any atom is -0.484 e. The van der Waals surface area contributed by atoms with Crippen LogP contribution >= 0.6 is 11.6 Å². The normalized spacial score (nSPS) is 16.1. The molecule has 1 saturated heterocycles. The van der Waals surface area contributed by atoms with Crippen molar-refractivity contribution in [1.29, 1.82) is 0 Å². The van der Waals surface area contributed by atoms with E-state index in [1.54, 1.807) is 6.07 Å². The Morgan fingerprint density at radius 1 is 1.07 bits per heavy atom. The number of halogens is 1. The molecule has 0 unspecified atom stereocenters. The van der Waals surface area contributed by atoms with Gasteiger partial charge in [0.05, 0.1) is 6.42 Å². The Morgan fingerprint density at radius 3 is 2.56 bits per heavy atom. The van der Waals surface area contributed by atoms with E-state index in [-0.39, 0.29) is 18.4 Å². The lowest BCUT2D eigenvalue weighted by atomic mass is 10.1. The second-order valence-electron chi connectivity index (χ2n) is 6.68. The standard InChI is InChI=1S/C20H20ClN3O3/c21-15-1-3-16(4-2-15)23-7-9-24(10-8-23)20(26)13-27-17-5-6-18-14(11-17)12-19(25)22-18/h1-6,11H,7-10,12-13H2,(H,22,25). The number of carbonyl (C=O) groups is 2. The minimum atomic E-state index is -0.0274. The summed E-state index contributed by atoms with van der Waals surface area (Å²) in [6.07, 6.45) is 0.354. The van der Waals surface area contributed by atoms with Crippen LogP contribution in [0.3, 0.4) is 0 Å². The monoisotopic (exact) mass is 385 g/mol. The second-order valence-corrected chi connectivity index (χ2v) is 7.11. The largest absolute Gasteiger partial charge is 0.484 e. The first-order chi connectivity index (χ1) is 13.1. The summed E-state index contributed by atoms with van der Waals surface area (Å²) in [4.78, 5) is 27.9. The van der Waals surface area contributed by atoms with Crippen LogP contribution < -0.4 is 15.0 Å². The van der Waals surface area contributed by atoms with Gasteiger partial charge in [0.15, 0.2) is 6.61 Å². The number of carbonyl (C=O) groups excluding carboxylic acids is 2. The summed E-state index contributed by atoms with van der Waals surface area (Å²) in [6.45, 7) is 2.88. The average Bonchev–Trinajstić information content (AvgIpc) is 3.06. The van der Waals surface area contributed by atoms with E-state index in [0.717, 1.165) is 35.1 Å². The number of ether oxygens (including phenoxy) is 1. The summed E-state index contributed by atoms with van der Waals surface area (Å²) in [7, 11) is 0. The number of amides is 2. The lowest BCUT2D eigenvalue weighted by molar-refractivity contribution is -0.133. The number of nitrogens with zero attached hydrogens (tertiary/aromatic N) is 2. The average molecular weight is 386 g/mol. The lowest BCUT2D eigenvalue weighted by Gasteiger charge is -2.36. The minimum absolute atomic E-state index is 0.00110. The predicted molar refractivity (Wildman–Crippen MR) is 105 cm³/mol. The number of rotatable bonds is 4. The van der Waals surface area contributed by atoms with Crippen molar-refractivity contribution in [3.05, 3.63) is 53.1 Å². The Labute approximate surface area is 162 Å². The highest BCUT2D eigenvalue weighted by atomic mass is 35.5. The molecule has 0 spiro atoms. The second kappa shape index (κ2) is 7.48. The zero-order chi connectivity index (χ0) is 18.8. The van der Waals surface area contributed by atoms with E-state index in [4.69, 9.17) is 16.3 Å². The Morgan fingerprint density at radius 2 is 1.81 bits per heavy atom. The first-order valence-electron chi connectivity index (χ1n) is 8.92. The van der Waals surface area contributed by atoms with Gasteiger partial charge in [0, 0.05) is 42.6 Å². The van der Waals surface area contributed by atoms with Crippen molar-refractivity contribution in [1.82, 2.24) is 4.90 Å². The summed E-state index contributed by atoms with van der Waals surface area (Å²) < 4.78 is 5.65. The van der Waals surface area contributed by atoms with Crippen LogP contribution in [0.4, 0.5) is 11.4 Å². The van der Waals surface area contributed by atoms with Crippen LogP contribution in [0.25, 0.3) is 0 Å². The fourth-order valence-corrected chi connectivity index (χ4v) is 3.52. The maximum absolute atomic E-state index is 12.4. The number of anilines is 2. The molecular formula is C20H20ClN3O3. The van der Waals surface area contributed by atoms with Gasteiger partial charge in [-0.05, 0) is 48.0 Å². The molecule has 2 aliphatic heterocycles. The van der Waals surface area contributed by atoms with E-state index >= 15 is 0 Å². The molecule has 2 aliphatic rings. The molecule has 7 heteroatoms. The van der Waals surface area contributed by atoms with Crippen molar-refractivity contribution in [2.24, 2.45) is 0 Å². The first kappa shape index (κ1) is 17.7. The summed E-state index contributed by atoms with van der Waals surface area (Å²) in [6, 6.07) is 13.1. The number of hydrogen-bond donors (Lipinski definition) is 1. The molecule has 27 heavy (non-hydrogen) atoms. The molecule has 0 radical (unpaired) electrons. The zero-order valence-corrected chi connectivity index (χ0v) is 15.5. The van der Waals surface area contributed by atoms with Crippen molar-refractivity contribution < 1.29 is 14.3 Å². The van der Waals surface area contributed by atoms with Gasteiger partial charge < -0.3 is 19.9 Å². The number of hydrogen-bond acceptors (Lipinski definition) is 4. The van der Waals surface area contributed by atoms with Gasteiger partial charge in [-0.2, -0.15) is 0 Å². The molecule has 2 aromatic carbocycles. The lowest BCUT2D eigenvalue weighted by Crippen LogP contribution is -2.50. The number of piperazine rings is 1. The van der Waals surface area contributed by atoms with E-state index < -0.39 is 0 Å². The van der Waals surface area contributed by atoms with Crippen molar-refractivity contribution >= 4 is 34.8 Å². The number of nitrogens with one attached hydrogen (secondary N) is 1. The Hall–Kier alpha value is -2.73. The van der Waals surface area contributed by atoms with Crippen molar-refractivity contribution in [2.45, 2.75) is 6.42 Å². The molecule has 0 atom stereocenters. The quantitative estimate of drug-likeness (QED) is 0.878. The number of benzene rings is 2. The predicted octanol–water partition coefficient (Wildman–Crippen LogP) is 2.56. The fourth-order valence-electron chi connectivity index (χ4n) is 3.40. The Bertz CT molecular complexity index is 861. The van der Waals surface area contributed by atoms with Gasteiger partial charge in [-0.15, -0.1) is 0 Å². The molecule has 4 rings (SSSR count). The summed E-state index contributed by atoms with van der Waals surface area (Å²) >= 11 is 5.93. The van der Waals surface area contributed by atoms with Crippen LogP contribution in [-0.2, 0) is 16.0 Å². The van der Waals surface area contributed by atoms with Crippen molar-refractivity contribution in [3.63, 3.8) is 0 Å². The van der Waals surface area contributed by atoms with Gasteiger partial charge >= 0.3 is 0 Å². The molecule has 0 aromatic heterocycles. The maximum Gasteiger partial charge on any atom is 0.260 e. The third-order valence-corrected chi connectivity index (χ3v) is 5.14. The molecule has 0 aliphatic carbocycles. The van der Waals surface area contributed by atoms with Crippen LogP contribution in [-0.4, -0.2) is 49.5 Å². The van der Waals surface area contributed by atoms with Gasteiger partial charge in [-0.25, -0.2) is 0 Å². The van der Waals surface area contributed by atoms with Gasteiger partial charge in [0.25, 0.3) is 5.91 Å². The van der Waals surface area contributed by atoms with E-state index in [1.807, 2.05) is 41.3 Å². The molecular weight excluding hydrogens is 366 g/mol. The molecule has 1 fully saturated rings.